The van der Waals surface area contributed by atoms with Crippen LogP contribution in [0, 0.1) is 0 Å². The monoisotopic (exact) mass is 383 g/mol. The largest absolute Gasteiger partial charge is 0.507 e. The van der Waals surface area contributed by atoms with Crippen LogP contribution in [-0.2, 0) is 9.59 Å². The molecule has 146 valence electrons. The van der Waals surface area contributed by atoms with Crippen LogP contribution in [-0.4, -0.2) is 54.2 Å². The molecule has 1 aliphatic heterocycles. The van der Waals surface area contributed by atoms with Crippen LogP contribution in [0.15, 0.2) is 54.1 Å². The Hall–Kier alpha value is -3.32. The van der Waals surface area contributed by atoms with Gasteiger partial charge in [-0.2, -0.15) is 0 Å². The van der Waals surface area contributed by atoms with Gasteiger partial charge in [-0.25, -0.2) is 0 Å². The average Bonchev–Trinajstić information content (AvgIpc) is 2.98. The molecule has 7 nitrogen and oxygen atoms in total. The summed E-state index contributed by atoms with van der Waals surface area (Å²) in [5.74, 6) is -0.914. The van der Waals surface area contributed by atoms with Gasteiger partial charge >= 0.3 is 0 Å². The van der Waals surface area contributed by atoms with Crippen LogP contribution in [0.1, 0.15) is 17.2 Å². The van der Waals surface area contributed by atoms with Gasteiger partial charge in [-0.05, 0) is 17.7 Å². The van der Waals surface area contributed by atoms with Crippen molar-refractivity contribution in [3.8, 4) is 11.5 Å². The molecular weight excluding hydrogens is 362 g/mol. The molecule has 7 heteroatoms. The summed E-state index contributed by atoms with van der Waals surface area (Å²) in [6.45, 7) is -0.364. The molecule has 2 N–H and O–H groups in total. The van der Waals surface area contributed by atoms with Crippen molar-refractivity contribution in [1.82, 2.24) is 4.90 Å². The topological polar surface area (TPSA) is 96.3 Å². The molecule has 1 amide bonds. The van der Waals surface area contributed by atoms with Crippen molar-refractivity contribution in [3.63, 3.8) is 0 Å². The number of carbonyl (C=O) groups is 2. The van der Waals surface area contributed by atoms with E-state index >= 15 is 0 Å². The predicted molar refractivity (Wildman–Crippen MR) is 102 cm³/mol. The van der Waals surface area contributed by atoms with Crippen molar-refractivity contribution in [2.45, 2.75) is 6.04 Å². The van der Waals surface area contributed by atoms with Crippen molar-refractivity contribution < 1.29 is 29.3 Å². The Morgan fingerprint density at radius 1 is 1.04 bits per heavy atom. The number of methoxy groups -OCH3 is 2. The summed E-state index contributed by atoms with van der Waals surface area (Å²) in [5.41, 5.74) is 0.953. The summed E-state index contributed by atoms with van der Waals surface area (Å²) in [7, 11) is 2.99. The van der Waals surface area contributed by atoms with Crippen molar-refractivity contribution in [2.75, 3.05) is 27.4 Å². The number of ether oxygens (including phenoxy) is 2. The summed E-state index contributed by atoms with van der Waals surface area (Å²) >= 11 is 0. The average molecular weight is 383 g/mol. The molecule has 1 aliphatic rings. The first-order chi connectivity index (χ1) is 13.5. The van der Waals surface area contributed by atoms with Crippen LogP contribution in [0.4, 0.5) is 0 Å². The smallest absolute Gasteiger partial charge is 0.295 e. The standard InChI is InChI=1S/C21H21NO6/c1-27-15-9-8-14(12-16(15)28-2)18-17(19(24)13-6-4-3-5-7-13)20(25)21(26)22(18)10-11-23/h3-9,12,18,23-24H,10-11H2,1-2H3/t18-/m0/s1. The van der Waals surface area contributed by atoms with E-state index in [0.717, 1.165) is 0 Å². The second-order valence-corrected chi connectivity index (χ2v) is 6.20. The lowest BCUT2D eigenvalue weighted by Gasteiger charge is -2.25. The zero-order chi connectivity index (χ0) is 20.3. The van der Waals surface area contributed by atoms with E-state index < -0.39 is 17.7 Å². The molecular formula is C21H21NO6. The minimum absolute atomic E-state index is 0.0307. The van der Waals surface area contributed by atoms with E-state index in [1.54, 1.807) is 48.5 Å². The summed E-state index contributed by atoms with van der Waals surface area (Å²) in [6.07, 6.45) is 0. The SMILES string of the molecule is COc1ccc([C@H]2C(=C(O)c3ccccc3)C(=O)C(=O)N2CCO)cc1OC. The number of benzene rings is 2. The molecule has 0 saturated carbocycles. The zero-order valence-corrected chi connectivity index (χ0v) is 15.6. The number of Topliss-reactive ketones (excluding diaryl/α,β-unsaturated/α-hetero) is 1. The third kappa shape index (κ3) is 3.32. The molecule has 0 spiro atoms. The van der Waals surface area contributed by atoms with E-state index in [1.165, 1.54) is 19.1 Å². The van der Waals surface area contributed by atoms with E-state index in [9.17, 15) is 19.8 Å². The number of rotatable bonds is 6. The molecule has 0 aromatic heterocycles. The van der Waals surface area contributed by atoms with Gasteiger partial charge in [-0.15, -0.1) is 0 Å². The summed E-state index contributed by atoms with van der Waals surface area (Å²) in [5, 5.41) is 20.2. The van der Waals surface area contributed by atoms with Crippen LogP contribution in [0.25, 0.3) is 5.76 Å². The fourth-order valence-electron chi connectivity index (χ4n) is 3.34. The van der Waals surface area contributed by atoms with Gasteiger partial charge in [0, 0.05) is 12.1 Å². The van der Waals surface area contributed by atoms with E-state index in [0.29, 0.717) is 22.6 Å². The Labute approximate surface area is 162 Å². The second kappa shape index (κ2) is 8.14. The molecule has 1 saturated heterocycles. The van der Waals surface area contributed by atoms with Gasteiger partial charge in [0.1, 0.15) is 5.76 Å². The van der Waals surface area contributed by atoms with E-state index in [2.05, 4.69) is 0 Å². The third-order valence-electron chi connectivity index (χ3n) is 4.65. The number of carbonyl (C=O) groups excluding carboxylic acids is 2. The lowest BCUT2D eigenvalue weighted by molar-refractivity contribution is -0.140. The Balaban J connectivity index is 2.20. The molecule has 3 rings (SSSR count). The molecule has 1 atom stereocenters. The number of aliphatic hydroxyl groups is 2. The number of amides is 1. The lowest BCUT2D eigenvalue weighted by Crippen LogP contribution is -2.32. The fourth-order valence-corrected chi connectivity index (χ4v) is 3.34. The summed E-state index contributed by atoms with van der Waals surface area (Å²) < 4.78 is 10.6. The van der Waals surface area contributed by atoms with Gasteiger partial charge in [0.2, 0.25) is 0 Å². The van der Waals surface area contributed by atoms with Gasteiger partial charge in [0.05, 0.1) is 32.4 Å². The highest BCUT2D eigenvalue weighted by molar-refractivity contribution is 6.46. The van der Waals surface area contributed by atoms with Gasteiger partial charge in [-0.1, -0.05) is 36.4 Å². The number of β-amino-alcohol motifs (C(OH)–C–C–N with tert-alkyl or cyclic N) is 1. The predicted octanol–water partition coefficient (Wildman–Crippen LogP) is 2.12. The molecule has 1 heterocycles. The van der Waals surface area contributed by atoms with Crippen LogP contribution in [0.3, 0.4) is 0 Å². The van der Waals surface area contributed by atoms with Crippen molar-refractivity contribution in [1.29, 1.82) is 0 Å². The Bertz CT molecular complexity index is 922. The van der Waals surface area contributed by atoms with Crippen molar-refractivity contribution >= 4 is 17.4 Å². The fraction of sp³-hybridized carbons (Fsp3) is 0.238. The molecule has 2 aromatic carbocycles. The minimum Gasteiger partial charge on any atom is -0.507 e. The Morgan fingerprint density at radius 2 is 1.71 bits per heavy atom. The number of ketones is 1. The van der Waals surface area contributed by atoms with Gasteiger partial charge in [0.25, 0.3) is 11.7 Å². The zero-order valence-electron chi connectivity index (χ0n) is 15.6. The number of hydrogen-bond donors (Lipinski definition) is 2. The highest BCUT2D eigenvalue weighted by Gasteiger charge is 2.46. The van der Waals surface area contributed by atoms with Crippen LogP contribution >= 0.6 is 0 Å². The molecule has 0 aliphatic carbocycles. The molecule has 0 unspecified atom stereocenters. The Morgan fingerprint density at radius 3 is 2.32 bits per heavy atom. The first kappa shape index (κ1) is 19.4. The van der Waals surface area contributed by atoms with E-state index in [1.807, 2.05) is 0 Å². The van der Waals surface area contributed by atoms with Gasteiger partial charge < -0.3 is 24.6 Å². The van der Waals surface area contributed by atoms with E-state index in [-0.39, 0.29) is 24.5 Å². The summed E-state index contributed by atoms with van der Waals surface area (Å²) in [6, 6.07) is 12.7. The van der Waals surface area contributed by atoms with Crippen LogP contribution in [0.5, 0.6) is 11.5 Å². The third-order valence-corrected chi connectivity index (χ3v) is 4.65. The maximum absolute atomic E-state index is 12.7. The number of nitrogens with zero attached hydrogens (tertiary/aromatic N) is 1. The normalized spacial score (nSPS) is 18.4. The number of aliphatic hydroxyl groups excluding tert-OH is 2. The number of hydrogen-bond acceptors (Lipinski definition) is 6. The second-order valence-electron chi connectivity index (χ2n) is 6.20. The maximum atomic E-state index is 12.7. The first-order valence-electron chi connectivity index (χ1n) is 8.70. The van der Waals surface area contributed by atoms with Gasteiger partial charge in [-0.3, -0.25) is 9.59 Å². The van der Waals surface area contributed by atoms with Gasteiger partial charge in [0.15, 0.2) is 11.5 Å². The Kier molecular flexibility index (Phi) is 5.65. The van der Waals surface area contributed by atoms with Crippen LogP contribution < -0.4 is 9.47 Å². The molecule has 0 radical (unpaired) electrons. The highest BCUT2D eigenvalue weighted by Crippen LogP contribution is 2.41. The maximum Gasteiger partial charge on any atom is 0.295 e. The van der Waals surface area contributed by atoms with Crippen molar-refractivity contribution in [3.05, 3.63) is 65.2 Å². The lowest BCUT2D eigenvalue weighted by atomic mass is 9.95. The molecule has 1 fully saturated rings. The van der Waals surface area contributed by atoms with Crippen molar-refractivity contribution in [2.24, 2.45) is 0 Å². The molecule has 0 bridgehead atoms. The van der Waals surface area contributed by atoms with Crippen LogP contribution in [0.2, 0.25) is 0 Å². The quantitative estimate of drug-likeness (QED) is 0.451. The summed E-state index contributed by atoms with van der Waals surface area (Å²) in [4.78, 5) is 26.5. The first-order valence-corrected chi connectivity index (χ1v) is 8.70. The molecule has 2 aromatic rings. The van der Waals surface area contributed by atoms with E-state index in [4.69, 9.17) is 9.47 Å². The highest BCUT2D eigenvalue weighted by atomic mass is 16.5. The number of likely N-dealkylation sites (tertiary alicyclic amines) is 1. The molecule has 28 heavy (non-hydrogen) atoms. The minimum atomic E-state index is -0.854.